The summed E-state index contributed by atoms with van der Waals surface area (Å²) in [4.78, 5) is 13.4. The Morgan fingerprint density at radius 3 is 2.42 bits per heavy atom. The SMILES string of the molecule is CCc1ccsc1C(=O)c1cc(C)c(OC)c(C)c1. The molecule has 0 aliphatic carbocycles. The maximum Gasteiger partial charge on any atom is 0.203 e. The van der Waals surface area contributed by atoms with E-state index in [2.05, 4.69) is 6.92 Å². The van der Waals surface area contributed by atoms with E-state index in [9.17, 15) is 4.79 Å². The normalized spacial score (nSPS) is 10.5. The molecular formula is C16H18O2S. The molecule has 1 aromatic carbocycles. The van der Waals surface area contributed by atoms with Crippen LogP contribution in [0.4, 0.5) is 0 Å². The van der Waals surface area contributed by atoms with Gasteiger partial charge in [0.25, 0.3) is 0 Å². The summed E-state index contributed by atoms with van der Waals surface area (Å²) in [5, 5.41) is 1.98. The molecule has 0 saturated heterocycles. The Bertz CT molecular complexity index is 588. The summed E-state index contributed by atoms with van der Waals surface area (Å²) >= 11 is 1.52. The summed E-state index contributed by atoms with van der Waals surface area (Å²) < 4.78 is 5.34. The van der Waals surface area contributed by atoms with Crippen molar-refractivity contribution in [1.82, 2.24) is 0 Å². The second-order valence-electron chi connectivity index (χ2n) is 4.60. The predicted octanol–water partition coefficient (Wildman–Crippen LogP) is 4.17. The number of rotatable bonds is 4. The average molecular weight is 274 g/mol. The molecule has 19 heavy (non-hydrogen) atoms. The van der Waals surface area contributed by atoms with Crippen LogP contribution in [0, 0.1) is 13.8 Å². The molecule has 0 amide bonds. The fourth-order valence-corrected chi connectivity index (χ4v) is 3.30. The lowest BCUT2D eigenvalue weighted by atomic mass is 10.0. The lowest BCUT2D eigenvalue weighted by molar-refractivity contribution is 0.104. The van der Waals surface area contributed by atoms with Gasteiger partial charge in [0, 0.05) is 5.56 Å². The van der Waals surface area contributed by atoms with E-state index in [4.69, 9.17) is 4.74 Å². The van der Waals surface area contributed by atoms with Crippen LogP contribution < -0.4 is 4.74 Å². The standard InChI is InChI=1S/C16H18O2S/c1-5-12-6-7-19-16(12)14(17)13-8-10(2)15(18-4)11(3)9-13/h6-9H,5H2,1-4H3. The van der Waals surface area contributed by atoms with E-state index in [1.54, 1.807) is 7.11 Å². The smallest absolute Gasteiger partial charge is 0.203 e. The number of methoxy groups -OCH3 is 1. The zero-order valence-corrected chi connectivity index (χ0v) is 12.6. The molecule has 0 radical (unpaired) electrons. The van der Waals surface area contributed by atoms with Crippen LogP contribution in [0.5, 0.6) is 5.75 Å². The van der Waals surface area contributed by atoms with Crippen molar-refractivity contribution in [2.24, 2.45) is 0 Å². The van der Waals surface area contributed by atoms with Crippen LogP contribution in [0.1, 0.15) is 38.8 Å². The number of thiophene rings is 1. The van der Waals surface area contributed by atoms with Crippen LogP contribution in [0.25, 0.3) is 0 Å². The second-order valence-corrected chi connectivity index (χ2v) is 5.52. The Labute approximate surface area is 118 Å². The molecule has 2 aromatic rings. The molecule has 100 valence electrons. The lowest BCUT2D eigenvalue weighted by Gasteiger charge is -2.10. The Hall–Kier alpha value is -1.61. The molecule has 0 fully saturated rings. The molecule has 0 unspecified atom stereocenters. The summed E-state index contributed by atoms with van der Waals surface area (Å²) in [5.41, 5.74) is 3.87. The highest BCUT2D eigenvalue weighted by atomic mass is 32.1. The first-order valence-electron chi connectivity index (χ1n) is 6.34. The molecule has 0 aliphatic heterocycles. The van der Waals surface area contributed by atoms with Crippen LogP contribution >= 0.6 is 11.3 Å². The van der Waals surface area contributed by atoms with Crippen molar-refractivity contribution in [2.75, 3.05) is 7.11 Å². The Morgan fingerprint density at radius 2 is 1.89 bits per heavy atom. The van der Waals surface area contributed by atoms with E-state index in [1.807, 2.05) is 37.4 Å². The molecule has 2 rings (SSSR count). The number of benzene rings is 1. The minimum atomic E-state index is 0.112. The van der Waals surface area contributed by atoms with Crippen LogP contribution in [0.2, 0.25) is 0 Å². The summed E-state index contributed by atoms with van der Waals surface area (Å²) in [6.45, 7) is 6.01. The van der Waals surface area contributed by atoms with Crippen LogP contribution in [-0.4, -0.2) is 12.9 Å². The van der Waals surface area contributed by atoms with Gasteiger partial charge in [-0.2, -0.15) is 0 Å². The van der Waals surface area contributed by atoms with Gasteiger partial charge in [-0.25, -0.2) is 0 Å². The Kier molecular flexibility index (Phi) is 4.05. The van der Waals surface area contributed by atoms with E-state index < -0.39 is 0 Å². The third kappa shape index (κ3) is 2.56. The van der Waals surface area contributed by atoms with Gasteiger partial charge in [0.1, 0.15) is 5.75 Å². The van der Waals surface area contributed by atoms with Crippen molar-refractivity contribution < 1.29 is 9.53 Å². The highest BCUT2D eigenvalue weighted by molar-refractivity contribution is 7.12. The van der Waals surface area contributed by atoms with Gasteiger partial charge in [0.05, 0.1) is 12.0 Å². The fourth-order valence-electron chi connectivity index (χ4n) is 2.35. The molecule has 0 bridgehead atoms. The number of hydrogen-bond acceptors (Lipinski definition) is 3. The third-order valence-electron chi connectivity index (χ3n) is 3.26. The van der Waals surface area contributed by atoms with Gasteiger partial charge in [0.15, 0.2) is 0 Å². The second kappa shape index (κ2) is 5.57. The topological polar surface area (TPSA) is 26.3 Å². The number of hydrogen-bond donors (Lipinski definition) is 0. The van der Waals surface area contributed by atoms with Crippen molar-refractivity contribution in [3.8, 4) is 5.75 Å². The molecule has 3 heteroatoms. The van der Waals surface area contributed by atoms with E-state index in [1.165, 1.54) is 11.3 Å². The maximum absolute atomic E-state index is 12.6. The monoisotopic (exact) mass is 274 g/mol. The molecule has 0 atom stereocenters. The molecule has 0 spiro atoms. The molecule has 0 N–H and O–H groups in total. The average Bonchev–Trinajstić information content (AvgIpc) is 2.85. The summed E-state index contributed by atoms with van der Waals surface area (Å²) in [5.74, 6) is 0.971. The van der Waals surface area contributed by atoms with Gasteiger partial charge in [-0.1, -0.05) is 6.92 Å². The minimum Gasteiger partial charge on any atom is -0.496 e. The lowest BCUT2D eigenvalue weighted by Crippen LogP contribution is -2.04. The van der Waals surface area contributed by atoms with E-state index in [-0.39, 0.29) is 5.78 Å². The van der Waals surface area contributed by atoms with Crippen molar-refractivity contribution in [2.45, 2.75) is 27.2 Å². The quantitative estimate of drug-likeness (QED) is 0.782. The van der Waals surface area contributed by atoms with Gasteiger partial charge >= 0.3 is 0 Å². The molecule has 0 saturated carbocycles. The number of aryl methyl sites for hydroxylation is 3. The summed E-state index contributed by atoms with van der Waals surface area (Å²) in [6.07, 6.45) is 0.888. The highest BCUT2D eigenvalue weighted by Gasteiger charge is 2.16. The largest absolute Gasteiger partial charge is 0.496 e. The van der Waals surface area contributed by atoms with Crippen molar-refractivity contribution in [1.29, 1.82) is 0 Å². The predicted molar refractivity (Wildman–Crippen MR) is 79.6 cm³/mol. The van der Waals surface area contributed by atoms with Crippen LogP contribution in [-0.2, 0) is 6.42 Å². The zero-order valence-electron chi connectivity index (χ0n) is 11.7. The number of carbonyl (C=O) groups is 1. The van der Waals surface area contributed by atoms with Crippen molar-refractivity contribution in [3.63, 3.8) is 0 Å². The van der Waals surface area contributed by atoms with Gasteiger partial charge in [0.2, 0.25) is 5.78 Å². The molecular weight excluding hydrogens is 256 g/mol. The number of carbonyl (C=O) groups excluding carboxylic acids is 1. The van der Waals surface area contributed by atoms with E-state index in [0.717, 1.165) is 39.3 Å². The zero-order chi connectivity index (χ0) is 14.0. The molecule has 2 nitrogen and oxygen atoms in total. The van der Waals surface area contributed by atoms with Gasteiger partial charge in [-0.3, -0.25) is 4.79 Å². The maximum atomic E-state index is 12.6. The first-order chi connectivity index (χ1) is 9.08. The summed E-state index contributed by atoms with van der Waals surface area (Å²) in [7, 11) is 1.66. The third-order valence-corrected chi connectivity index (χ3v) is 4.22. The molecule has 1 heterocycles. The van der Waals surface area contributed by atoms with E-state index >= 15 is 0 Å². The van der Waals surface area contributed by atoms with Gasteiger partial charge < -0.3 is 4.74 Å². The first kappa shape index (κ1) is 13.8. The Balaban J connectivity index is 2.45. The first-order valence-corrected chi connectivity index (χ1v) is 7.22. The van der Waals surface area contributed by atoms with Crippen molar-refractivity contribution >= 4 is 17.1 Å². The fraction of sp³-hybridized carbons (Fsp3) is 0.312. The molecule has 1 aromatic heterocycles. The van der Waals surface area contributed by atoms with Crippen molar-refractivity contribution in [3.05, 3.63) is 50.7 Å². The van der Waals surface area contributed by atoms with Crippen LogP contribution in [0.15, 0.2) is 23.6 Å². The highest BCUT2D eigenvalue weighted by Crippen LogP contribution is 2.27. The molecule has 0 aliphatic rings. The Morgan fingerprint density at radius 1 is 1.26 bits per heavy atom. The van der Waals surface area contributed by atoms with Gasteiger partial charge in [-0.05, 0) is 60.5 Å². The van der Waals surface area contributed by atoms with E-state index in [0.29, 0.717) is 0 Å². The minimum absolute atomic E-state index is 0.112. The van der Waals surface area contributed by atoms with Gasteiger partial charge in [-0.15, -0.1) is 11.3 Å². The summed E-state index contributed by atoms with van der Waals surface area (Å²) in [6, 6.07) is 5.85. The number of ketones is 1. The number of ether oxygens (including phenoxy) is 1. The van der Waals surface area contributed by atoms with Crippen LogP contribution in [0.3, 0.4) is 0 Å².